The van der Waals surface area contributed by atoms with Crippen LogP contribution in [0, 0.1) is 26.7 Å². The maximum absolute atomic E-state index is 13.4. The van der Waals surface area contributed by atoms with E-state index in [0.29, 0.717) is 28.8 Å². The molecule has 1 atom stereocenters. The van der Waals surface area contributed by atoms with E-state index in [0.717, 1.165) is 53.8 Å². The molecule has 1 saturated carbocycles. The summed E-state index contributed by atoms with van der Waals surface area (Å²) in [6, 6.07) is 6.32. The van der Waals surface area contributed by atoms with Gasteiger partial charge in [0.1, 0.15) is 0 Å². The number of aryl methyl sites for hydroxylation is 2. The van der Waals surface area contributed by atoms with Crippen LogP contribution in [-0.4, -0.2) is 32.9 Å². The van der Waals surface area contributed by atoms with Crippen molar-refractivity contribution in [3.8, 4) is 11.3 Å². The van der Waals surface area contributed by atoms with Crippen molar-refractivity contribution in [2.45, 2.75) is 72.0 Å². The second-order valence-electron chi connectivity index (χ2n) is 10.0. The smallest absolute Gasteiger partial charge is 0.253 e. The molecule has 8 nitrogen and oxygen atoms in total. The molecule has 2 heterocycles. The predicted molar refractivity (Wildman–Crippen MR) is 143 cm³/mol. The number of hydrogen-bond acceptors (Lipinski definition) is 6. The number of nitrogens with one attached hydrogen (secondary N) is 3. The number of aromatic amines is 1. The Labute approximate surface area is 212 Å². The minimum absolute atomic E-state index is 0.149. The van der Waals surface area contributed by atoms with E-state index in [1.807, 2.05) is 39.0 Å². The van der Waals surface area contributed by atoms with E-state index in [9.17, 15) is 9.59 Å². The highest BCUT2D eigenvalue weighted by Crippen LogP contribution is 2.32. The van der Waals surface area contributed by atoms with E-state index in [1.54, 1.807) is 18.6 Å². The highest BCUT2D eigenvalue weighted by molar-refractivity contribution is 5.98. The number of benzene rings is 1. The Bertz CT molecular complexity index is 1280. The van der Waals surface area contributed by atoms with Gasteiger partial charge in [-0.25, -0.2) is 0 Å². The van der Waals surface area contributed by atoms with Crippen LogP contribution in [0.3, 0.4) is 0 Å². The quantitative estimate of drug-likeness (QED) is 0.398. The van der Waals surface area contributed by atoms with E-state index in [4.69, 9.17) is 5.73 Å². The molecule has 0 saturated heterocycles. The minimum atomic E-state index is -0.239. The molecule has 1 amide bonds. The van der Waals surface area contributed by atoms with E-state index < -0.39 is 0 Å². The molecule has 3 aromatic rings. The number of aromatic nitrogens is 3. The first kappa shape index (κ1) is 25.6. The lowest BCUT2D eigenvalue weighted by molar-refractivity contribution is 0.0950. The molecule has 36 heavy (non-hydrogen) atoms. The van der Waals surface area contributed by atoms with Crippen LogP contribution in [0.5, 0.6) is 0 Å². The summed E-state index contributed by atoms with van der Waals surface area (Å²) >= 11 is 0. The number of pyridine rings is 1. The summed E-state index contributed by atoms with van der Waals surface area (Å²) in [5.41, 5.74) is 11.9. The van der Waals surface area contributed by atoms with Gasteiger partial charge in [0.05, 0.1) is 11.9 Å². The topological polar surface area (TPSA) is 126 Å². The summed E-state index contributed by atoms with van der Waals surface area (Å²) in [5, 5.41) is 6.62. The number of anilines is 1. The Hall–Kier alpha value is -3.52. The van der Waals surface area contributed by atoms with E-state index in [1.165, 1.54) is 0 Å². The summed E-state index contributed by atoms with van der Waals surface area (Å²) in [6.45, 7) is 8.02. The zero-order valence-electron chi connectivity index (χ0n) is 21.5. The Balaban J connectivity index is 1.62. The van der Waals surface area contributed by atoms with Crippen molar-refractivity contribution in [3.63, 3.8) is 0 Å². The summed E-state index contributed by atoms with van der Waals surface area (Å²) in [7, 11) is 0. The van der Waals surface area contributed by atoms with Crippen LogP contribution in [-0.2, 0) is 6.54 Å². The van der Waals surface area contributed by atoms with Gasteiger partial charge < -0.3 is 21.4 Å². The second kappa shape index (κ2) is 11.0. The Morgan fingerprint density at radius 2 is 1.89 bits per heavy atom. The average molecular weight is 489 g/mol. The van der Waals surface area contributed by atoms with Gasteiger partial charge >= 0.3 is 0 Å². The molecule has 0 bridgehead atoms. The zero-order chi connectivity index (χ0) is 25.8. The van der Waals surface area contributed by atoms with Crippen molar-refractivity contribution in [1.29, 1.82) is 0 Å². The number of nitrogens with two attached hydrogens (primary N) is 1. The number of H-pyrrole nitrogens is 1. The standard InChI is InChI=1S/C28H36N6O2/c1-16-11-17(2)33-28(36)24(16)14-32-27(35)23-12-21(26-15-30-9-10-31-26)13-25(18(23)3)34-19(4)20-5-7-22(29)8-6-20/h9-13,15,19-20,22,34H,5-8,14,29H2,1-4H3,(H,32,35)(H,33,36). The highest BCUT2D eigenvalue weighted by atomic mass is 16.1. The fraction of sp³-hybridized carbons (Fsp3) is 0.429. The summed E-state index contributed by atoms with van der Waals surface area (Å²) in [4.78, 5) is 37.3. The van der Waals surface area contributed by atoms with Gasteiger partial charge in [0.2, 0.25) is 0 Å². The SMILES string of the molecule is Cc1cc(C)c(CNC(=O)c2cc(-c3cnccn3)cc(NC(C)C3CCC(N)CC3)c2C)c(=O)[nH]1. The van der Waals surface area contributed by atoms with Crippen molar-refractivity contribution in [2.24, 2.45) is 11.7 Å². The van der Waals surface area contributed by atoms with Crippen molar-refractivity contribution >= 4 is 11.6 Å². The third-order valence-corrected chi connectivity index (χ3v) is 7.34. The van der Waals surface area contributed by atoms with Crippen LogP contribution in [0.2, 0.25) is 0 Å². The highest BCUT2D eigenvalue weighted by Gasteiger charge is 2.25. The fourth-order valence-electron chi connectivity index (χ4n) is 5.07. The number of carbonyl (C=O) groups excluding carboxylic acids is 1. The first-order valence-corrected chi connectivity index (χ1v) is 12.6. The molecule has 4 rings (SSSR count). The van der Waals surface area contributed by atoms with Crippen LogP contribution in [0.4, 0.5) is 5.69 Å². The van der Waals surface area contributed by atoms with Gasteiger partial charge in [-0.05, 0) is 88.6 Å². The molecule has 1 unspecified atom stereocenters. The largest absolute Gasteiger partial charge is 0.382 e. The molecule has 1 fully saturated rings. The van der Waals surface area contributed by atoms with E-state index >= 15 is 0 Å². The van der Waals surface area contributed by atoms with Gasteiger partial charge in [-0.2, -0.15) is 0 Å². The molecular formula is C28H36N6O2. The van der Waals surface area contributed by atoms with Gasteiger partial charge in [0.15, 0.2) is 0 Å². The molecule has 1 aromatic carbocycles. The Kier molecular flexibility index (Phi) is 7.84. The number of nitrogens with zero attached hydrogens (tertiary/aromatic N) is 2. The molecule has 1 aliphatic carbocycles. The van der Waals surface area contributed by atoms with Gasteiger partial charge in [-0.15, -0.1) is 0 Å². The third kappa shape index (κ3) is 5.82. The lowest BCUT2D eigenvalue weighted by Gasteiger charge is -2.32. The maximum atomic E-state index is 13.4. The monoisotopic (exact) mass is 488 g/mol. The van der Waals surface area contributed by atoms with Gasteiger partial charge in [-0.3, -0.25) is 19.6 Å². The third-order valence-electron chi connectivity index (χ3n) is 7.34. The van der Waals surface area contributed by atoms with Crippen LogP contribution in [0.15, 0.2) is 41.6 Å². The molecular weight excluding hydrogens is 452 g/mol. The first-order chi connectivity index (χ1) is 17.2. The second-order valence-corrected chi connectivity index (χ2v) is 10.0. The molecule has 0 radical (unpaired) electrons. The molecule has 0 aliphatic heterocycles. The molecule has 190 valence electrons. The summed E-state index contributed by atoms with van der Waals surface area (Å²) in [5.74, 6) is 0.287. The van der Waals surface area contributed by atoms with Crippen LogP contribution in [0.25, 0.3) is 11.3 Å². The van der Waals surface area contributed by atoms with Crippen LogP contribution >= 0.6 is 0 Å². The number of hydrogen-bond donors (Lipinski definition) is 4. The average Bonchev–Trinajstić information content (AvgIpc) is 2.85. The number of amides is 1. The number of carbonyl (C=O) groups is 1. The molecule has 0 spiro atoms. The van der Waals surface area contributed by atoms with Gasteiger partial charge in [0.25, 0.3) is 11.5 Å². The van der Waals surface area contributed by atoms with E-state index in [2.05, 4.69) is 32.5 Å². The van der Waals surface area contributed by atoms with Crippen molar-refractivity contribution in [1.82, 2.24) is 20.3 Å². The van der Waals surface area contributed by atoms with Crippen LogP contribution in [0.1, 0.15) is 65.3 Å². The summed E-state index contributed by atoms with van der Waals surface area (Å²) < 4.78 is 0. The van der Waals surface area contributed by atoms with Crippen molar-refractivity contribution in [2.75, 3.05) is 5.32 Å². The predicted octanol–water partition coefficient (Wildman–Crippen LogP) is 4.01. The first-order valence-electron chi connectivity index (χ1n) is 12.6. The Morgan fingerprint density at radius 3 is 2.56 bits per heavy atom. The van der Waals surface area contributed by atoms with Crippen molar-refractivity contribution < 1.29 is 4.79 Å². The zero-order valence-corrected chi connectivity index (χ0v) is 21.5. The normalized spacial score (nSPS) is 18.5. The Morgan fingerprint density at radius 1 is 1.14 bits per heavy atom. The molecule has 2 aromatic heterocycles. The fourth-order valence-corrected chi connectivity index (χ4v) is 5.07. The van der Waals surface area contributed by atoms with Crippen LogP contribution < -0.4 is 21.9 Å². The number of rotatable bonds is 7. The van der Waals surface area contributed by atoms with Crippen molar-refractivity contribution in [3.05, 3.63) is 75.1 Å². The molecule has 1 aliphatic rings. The van der Waals surface area contributed by atoms with Gasteiger partial charge in [-0.1, -0.05) is 0 Å². The molecule has 8 heteroatoms. The lowest BCUT2D eigenvalue weighted by atomic mass is 9.82. The minimum Gasteiger partial charge on any atom is -0.382 e. The maximum Gasteiger partial charge on any atom is 0.253 e. The summed E-state index contributed by atoms with van der Waals surface area (Å²) in [6.07, 6.45) is 9.23. The van der Waals surface area contributed by atoms with Gasteiger partial charge in [0, 0.05) is 59.1 Å². The lowest BCUT2D eigenvalue weighted by Crippen LogP contribution is -2.34. The molecule has 5 N–H and O–H groups in total. The van der Waals surface area contributed by atoms with E-state index in [-0.39, 0.29) is 24.1 Å².